The standard InChI is InChI=1S/C10H13N3O5S/c1-7-6-8(13(15)16)2-3-9(7)10(14)12-4-5-19(11,17)18/h2-3,6H,4-5H2,1H3,(H,12,14)(H2,11,17,18). The van der Waals surface area contributed by atoms with Crippen molar-refractivity contribution in [2.45, 2.75) is 6.92 Å². The molecule has 0 saturated carbocycles. The lowest BCUT2D eigenvalue weighted by Gasteiger charge is -2.06. The second-order valence-corrected chi connectivity index (χ2v) is 5.61. The second kappa shape index (κ2) is 5.76. The Kier molecular flexibility index (Phi) is 4.57. The van der Waals surface area contributed by atoms with Gasteiger partial charge in [-0.2, -0.15) is 0 Å². The molecule has 0 saturated heterocycles. The minimum Gasteiger partial charge on any atom is -0.351 e. The summed E-state index contributed by atoms with van der Waals surface area (Å²) in [6.45, 7) is 1.44. The van der Waals surface area contributed by atoms with Crippen LogP contribution in [0.1, 0.15) is 15.9 Å². The maximum atomic E-state index is 11.7. The number of nitro benzene ring substituents is 1. The summed E-state index contributed by atoms with van der Waals surface area (Å²) in [5, 5.41) is 17.7. The highest BCUT2D eigenvalue weighted by atomic mass is 32.2. The lowest BCUT2D eigenvalue weighted by molar-refractivity contribution is -0.384. The van der Waals surface area contributed by atoms with Crippen LogP contribution >= 0.6 is 0 Å². The molecule has 0 heterocycles. The van der Waals surface area contributed by atoms with E-state index in [4.69, 9.17) is 5.14 Å². The highest BCUT2D eigenvalue weighted by Crippen LogP contribution is 2.16. The summed E-state index contributed by atoms with van der Waals surface area (Å²) >= 11 is 0. The van der Waals surface area contributed by atoms with Crippen LogP contribution in [-0.4, -0.2) is 31.5 Å². The van der Waals surface area contributed by atoms with Crippen molar-refractivity contribution in [2.75, 3.05) is 12.3 Å². The van der Waals surface area contributed by atoms with Crippen molar-refractivity contribution in [1.29, 1.82) is 0 Å². The van der Waals surface area contributed by atoms with Crippen molar-refractivity contribution in [3.05, 3.63) is 39.4 Å². The molecular weight excluding hydrogens is 274 g/mol. The third-order valence-electron chi connectivity index (χ3n) is 2.34. The van der Waals surface area contributed by atoms with Crippen LogP contribution in [-0.2, 0) is 10.0 Å². The molecule has 0 unspecified atom stereocenters. The van der Waals surface area contributed by atoms with Gasteiger partial charge in [0.25, 0.3) is 11.6 Å². The lowest BCUT2D eigenvalue weighted by Crippen LogP contribution is -2.31. The van der Waals surface area contributed by atoms with Crippen molar-refractivity contribution < 1.29 is 18.1 Å². The van der Waals surface area contributed by atoms with Gasteiger partial charge in [-0.1, -0.05) is 0 Å². The molecule has 0 spiro atoms. The maximum absolute atomic E-state index is 11.7. The van der Waals surface area contributed by atoms with Gasteiger partial charge in [0.2, 0.25) is 10.0 Å². The first-order chi connectivity index (χ1) is 8.70. The molecule has 0 radical (unpaired) electrons. The number of primary sulfonamides is 1. The molecule has 104 valence electrons. The number of rotatable bonds is 5. The molecule has 3 N–H and O–H groups in total. The number of hydrogen-bond donors (Lipinski definition) is 2. The minimum atomic E-state index is -3.63. The van der Waals surface area contributed by atoms with Gasteiger partial charge in [-0.25, -0.2) is 13.6 Å². The van der Waals surface area contributed by atoms with Gasteiger partial charge >= 0.3 is 0 Å². The van der Waals surface area contributed by atoms with Crippen LogP contribution in [0.25, 0.3) is 0 Å². The fourth-order valence-electron chi connectivity index (χ4n) is 1.42. The van der Waals surface area contributed by atoms with Crippen LogP contribution in [0, 0.1) is 17.0 Å². The molecule has 0 aliphatic rings. The third kappa shape index (κ3) is 4.64. The number of aryl methyl sites for hydroxylation is 1. The number of nitrogens with zero attached hydrogens (tertiary/aromatic N) is 1. The minimum absolute atomic E-state index is 0.112. The number of carbonyl (C=O) groups excluding carboxylic acids is 1. The quantitative estimate of drug-likeness (QED) is 0.577. The van der Waals surface area contributed by atoms with E-state index in [0.717, 1.165) is 0 Å². The van der Waals surface area contributed by atoms with E-state index in [2.05, 4.69) is 5.32 Å². The van der Waals surface area contributed by atoms with Gasteiger partial charge in [0, 0.05) is 24.2 Å². The summed E-state index contributed by atoms with van der Waals surface area (Å²) in [5.41, 5.74) is 0.570. The molecule has 0 aliphatic carbocycles. The second-order valence-electron chi connectivity index (χ2n) is 3.88. The zero-order chi connectivity index (χ0) is 14.6. The molecular formula is C10H13N3O5S. The predicted molar refractivity (Wildman–Crippen MR) is 68.1 cm³/mol. The number of benzene rings is 1. The number of sulfonamides is 1. The zero-order valence-corrected chi connectivity index (χ0v) is 10.9. The first-order valence-electron chi connectivity index (χ1n) is 5.24. The van der Waals surface area contributed by atoms with Gasteiger partial charge in [0.1, 0.15) is 0 Å². The van der Waals surface area contributed by atoms with Gasteiger partial charge in [-0.05, 0) is 18.6 Å². The summed E-state index contributed by atoms with van der Waals surface area (Å²) in [5.74, 6) is -0.874. The van der Waals surface area contributed by atoms with Crippen molar-refractivity contribution >= 4 is 21.6 Å². The van der Waals surface area contributed by atoms with E-state index >= 15 is 0 Å². The lowest BCUT2D eigenvalue weighted by atomic mass is 10.1. The first kappa shape index (κ1) is 15.1. The molecule has 0 atom stereocenters. The molecule has 1 aromatic rings. The molecule has 1 amide bonds. The summed E-state index contributed by atoms with van der Waals surface area (Å²) in [6, 6.07) is 3.80. The first-order valence-corrected chi connectivity index (χ1v) is 6.96. The fourth-order valence-corrected chi connectivity index (χ4v) is 1.80. The number of hydrogen-bond acceptors (Lipinski definition) is 5. The summed E-state index contributed by atoms with van der Waals surface area (Å²) in [7, 11) is -3.63. The molecule has 1 aromatic carbocycles. The predicted octanol–water partition coefficient (Wildman–Crippen LogP) is -0.0785. The number of amides is 1. The number of nitrogens with one attached hydrogen (secondary N) is 1. The van der Waals surface area contributed by atoms with Gasteiger partial charge in [-0.3, -0.25) is 14.9 Å². The Bertz CT molecular complexity index is 612. The van der Waals surface area contributed by atoms with E-state index in [1.165, 1.54) is 18.2 Å². The molecule has 0 bridgehead atoms. The molecule has 9 heteroatoms. The van der Waals surface area contributed by atoms with Crippen molar-refractivity contribution in [1.82, 2.24) is 5.32 Å². The molecule has 8 nitrogen and oxygen atoms in total. The third-order valence-corrected chi connectivity index (χ3v) is 3.11. The van der Waals surface area contributed by atoms with Gasteiger partial charge < -0.3 is 5.32 Å². The molecule has 1 rings (SSSR count). The van der Waals surface area contributed by atoms with E-state index in [1.54, 1.807) is 6.92 Å². The normalized spacial score (nSPS) is 11.1. The Morgan fingerprint density at radius 3 is 2.58 bits per heavy atom. The monoisotopic (exact) mass is 287 g/mol. The number of non-ortho nitro benzene ring substituents is 1. The van der Waals surface area contributed by atoms with E-state index in [0.29, 0.717) is 5.56 Å². The van der Waals surface area contributed by atoms with Crippen LogP contribution < -0.4 is 10.5 Å². The van der Waals surface area contributed by atoms with Crippen LogP contribution in [0.4, 0.5) is 5.69 Å². The Morgan fingerprint density at radius 2 is 2.11 bits per heavy atom. The number of nitro groups is 1. The van der Waals surface area contributed by atoms with Crippen LogP contribution in [0.5, 0.6) is 0 Å². The van der Waals surface area contributed by atoms with Crippen LogP contribution in [0.2, 0.25) is 0 Å². The van der Waals surface area contributed by atoms with Crippen molar-refractivity contribution in [2.24, 2.45) is 5.14 Å². The topological polar surface area (TPSA) is 132 Å². The number of carbonyl (C=O) groups is 1. The van der Waals surface area contributed by atoms with Crippen molar-refractivity contribution in [3.8, 4) is 0 Å². The van der Waals surface area contributed by atoms with E-state index < -0.39 is 20.9 Å². The molecule has 0 aromatic heterocycles. The maximum Gasteiger partial charge on any atom is 0.269 e. The van der Waals surface area contributed by atoms with E-state index in [9.17, 15) is 23.3 Å². The average Bonchev–Trinajstić information content (AvgIpc) is 2.26. The average molecular weight is 287 g/mol. The summed E-state index contributed by atoms with van der Waals surface area (Å²) < 4.78 is 21.4. The molecule has 0 fully saturated rings. The SMILES string of the molecule is Cc1cc([N+](=O)[O-])ccc1C(=O)NCCS(N)(=O)=O. The van der Waals surface area contributed by atoms with Gasteiger partial charge in [0.15, 0.2) is 0 Å². The fraction of sp³-hybridized carbons (Fsp3) is 0.300. The Balaban J connectivity index is 2.75. The van der Waals surface area contributed by atoms with Crippen LogP contribution in [0.15, 0.2) is 18.2 Å². The Hall–Kier alpha value is -2.00. The summed E-state index contributed by atoms with van der Waals surface area (Å²) in [4.78, 5) is 21.7. The number of nitrogens with two attached hydrogens (primary N) is 1. The van der Waals surface area contributed by atoms with Gasteiger partial charge in [-0.15, -0.1) is 0 Å². The zero-order valence-electron chi connectivity index (χ0n) is 10.1. The van der Waals surface area contributed by atoms with Gasteiger partial charge in [0.05, 0.1) is 10.7 Å². The summed E-state index contributed by atoms with van der Waals surface area (Å²) in [6.07, 6.45) is 0. The Labute approximate surface area is 109 Å². The smallest absolute Gasteiger partial charge is 0.269 e. The molecule has 19 heavy (non-hydrogen) atoms. The highest BCUT2D eigenvalue weighted by Gasteiger charge is 2.13. The Morgan fingerprint density at radius 1 is 1.47 bits per heavy atom. The highest BCUT2D eigenvalue weighted by molar-refractivity contribution is 7.89. The largest absolute Gasteiger partial charge is 0.351 e. The van der Waals surface area contributed by atoms with Crippen LogP contribution in [0.3, 0.4) is 0 Å². The van der Waals surface area contributed by atoms with Crippen molar-refractivity contribution in [3.63, 3.8) is 0 Å². The van der Waals surface area contributed by atoms with E-state index in [-0.39, 0.29) is 23.5 Å². The molecule has 0 aliphatic heterocycles. The van der Waals surface area contributed by atoms with E-state index in [1.807, 2.05) is 0 Å².